The number of cyclic esters (lactones) is 1. The van der Waals surface area contributed by atoms with Crippen LogP contribution in [0.15, 0.2) is 77.8 Å². The monoisotopic (exact) mass is 377 g/mol. The van der Waals surface area contributed by atoms with Gasteiger partial charge in [-0.15, -0.1) is 0 Å². The highest BCUT2D eigenvalue weighted by Gasteiger charge is 2.45. The Labute approximate surface area is 162 Å². The van der Waals surface area contributed by atoms with Crippen LogP contribution < -0.4 is 0 Å². The van der Waals surface area contributed by atoms with E-state index in [4.69, 9.17) is 19.2 Å². The van der Waals surface area contributed by atoms with Crippen LogP contribution in [0.5, 0.6) is 0 Å². The van der Waals surface area contributed by atoms with Crippen molar-refractivity contribution in [3.05, 3.63) is 83.9 Å². The van der Waals surface area contributed by atoms with Crippen LogP contribution in [0, 0.1) is 0 Å². The van der Waals surface area contributed by atoms with Crippen molar-refractivity contribution in [3.8, 4) is 0 Å². The van der Waals surface area contributed by atoms with Crippen LogP contribution >= 0.6 is 0 Å². The summed E-state index contributed by atoms with van der Waals surface area (Å²) < 4.78 is 17.1. The van der Waals surface area contributed by atoms with Crippen LogP contribution in [-0.2, 0) is 23.8 Å². The van der Waals surface area contributed by atoms with Gasteiger partial charge in [-0.05, 0) is 23.8 Å². The minimum absolute atomic E-state index is 0.458. The standard InChI is InChI=1S/C22H19NO5/c1-14(24)26-17-12-13-18(25)27-21(17)19-20(15-8-4-2-5-9-15)28-22(23-19)16-10-6-3-7-11-16/h2-13,17,19-21H,1H3/t17-,19-,20+,21-/m0/s1. The van der Waals surface area contributed by atoms with Crippen LogP contribution in [0.3, 0.4) is 0 Å². The molecule has 2 aromatic carbocycles. The van der Waals surface area contributed by atoms with Crippen LogP contribution in [0.4, 0.5) is 0 Å². The summed E-state index contributed by atoms with van der Waals surface area (Å²) in [7, 11) is 0. The second-order valence-electron chi connectivity index (χ2n) is 6.57. The molecule has 0 N–H and O–H groups in total. The summed E-state index contributed by atoms with van der Waals surface area (Å²) in [5.41, 5.74) is 1.72. The highest BCUT2D eigenvalue weighted by molar-refractivity contribution is 5.95. The third-order valence-corrected chi connectivity index (χ3v) is 4.60. The first-order chi connectivity index (χ1) is 13.6. The lowest BCUT2D eigenvalue weighted by molar-refractivity contribution is -0.165. The van der Waals surface area contributed by atoms with E-state index in [1.807, 2.05) is 60.7 Å². The van der Waals surface area contributed by atoms with Crippen molar-refractivity contribution in [2.45, 2.75) is 31.3 Å². The minimum atomic E-state index is -0.784. The number of hydrogen-bond donors (Lipinski definition) is 0. The number of carbonyl (C=O) groups is 2. The molecule has 4 rings (SSSR count). The minimum Gasteiger partial charge on any atom is -0.467 e. The normalized spacial score (nSPS) is 26.2. The number of benzene rings is 2. The van der Waals surface area contributed by atoms with Gasteiger partial charge in [-0.2, -0.15) is 0 Å². The summed E-state index contributed by atoms with van der Waals surface area (Å²) in [6.07, 6.45) is 0.815. The van der Waals surface area contributed by atoms with Gasteiger partial charge in [0.1, 0.15) is 6.04 Å². The molecule has 0 spiro atoms. The molecule has 0 fully saturated rings. The van der Waals surface area contributed by atoms with Crippen molar-refractivity contribution >= 4 is 17.8 Å². The van der Waals surface area contributed by atoms with Gasteiger partial charge in [0.25, 0.3) is 0 Å². The molecule has 2 aliphatic rings. The summed E-state index contributed by atoms with van der Waals surface area (Å²) in [5, 5.41) is 0. The third-order valence-electron chi connectivity index (χ3n) is 4.60. The average Bonchev–Trinajstić information content (AvgIpc) is 3.16. The van der Waals surface area contributed by atoms with Gasteiger partial charge in [-0.3, -0.25) is 4.79 Å². The number of ether oxygens (including phenoxy) is 3. The van der Waals surface area contributed by atoms with E-state index in [0.717, 1.165) is 11.1 Å². The second kappa shape index (κ2) is 7.68. The predicted octanol–water partition coefficient (Wildman–Crippen LogP) is 2.99. The van der Waals surface area contributed by atoms with Gasteiger partial charge < -0.3 is 14.2 Å². The Balaban J connectivity index is 1.72. The van der Waals surface area contributed by atoms with Crippen molar-refractivity contribution in [1.29, 1.82) is 0 Å². The first-order valence-corrected chi connectivity index (χ1v) is 9.02. The van der Waals surface area contributed by atoms with Crippen LogP contribution in [0.2, 0.25) is 0 Å². The van der Waals surface area contributed by atoms with Gasteiger partial charge in [0.05, 0.1) is 0 Å². The zero-order valence-corrected chi connectivity index (χ0v) is 15.2. The highest BCUT2D eigenvalue weighted by Crippen LogP contribution is 2.36. The van der Waals surface area contributed by atoms with Gasteiger partial charge in [0.2, 0.25) is 5.90 Å². The lowest BCUT2D eigenvalue weighted by Gasteiger charge is -2.31. The summed E-state index contributed by atoms with van der Waals surface area (Å²) in [6.45, 7) is 1.32. The van der Waals surface area contributed by atoms with Crippen molar-refractivity contribution in [2.24, 2.45) is 4.99 Å². The molecule has 2 aliphatic heterocycles. The van der Waals surface area contributed by atoms with Gasteiger partial charge in [-0.25, -0.2) is 9.79 Å². The quantitative estimate of drug-likeness (QED) is 0.766. The molecule has 0 saturated heterocycles. The smallest absolute Gasteiger partial charge is 0.331 e. The third kappa shape index (κ3) is 3.67. The Bertz CT molecular complexity index is 922. The number of carbonyl (C=O) groups excluding carboxylic acids is 2. The van der Waals surface area contributed by atoms with Gasteiger partial charge in [0.15, 0.2) is 18.3 Å². The molecule has 142 valence electrons. The second-order valence-corrected chi connectivity index (χ2v) is 6.57. The molecule has 0 aromatic heterocycles. The molecule has 0 aliphatic carbocycles. The Morgan fingerprint density at radius 2 is 1.68 bits per heavy atom. The van der Waals surface area contributed by atoms with E-state index in [1.165, 1.54) is 19.1 Å². The first-order valence-electron chi connectivity index (χ1n) is 9.02. The number of nitrogens with zero attached hydrogens (tertiary/aromatic N) is 1. The van der Waals surface area contributed by atoms with E-state index in [9.17, 15) is 9.59 Å². The molecule has 0 saturated carbocycles. The van der Waals surface area contributed by atoms with Crippen molar-refractivity contribution in [1.82, 2.24) is 0 Å². The fraction of sp³-hybridized carbons (Fsp3) is 0.227. The lowest BCUT2D eigenvalue weighted by Crippen LogP contribution is -2.45. The van der Waals surface area contributed by atoms with E-state index in [1.54, 1.807) is 0 Å². The number of esters is 2. The van der Waals surface area contributed by atoms with Crippen molar-refractivity contribution < 1.29 is 23.8 Å². The molecule has 28 heavy (non-hydrogen) atoms. The lowest BCUT2D eigenvalue weighted by atomic mass is 9.94. The molecule has 6 nitrogen and oxygen atoms in total. The maximum Gasteiger partial charge on any atom is 0.331 e. The van der Waals surface area contributed by atoms with Crippen LogP contribution in [0.1, 0.15) is 24.2 Å². The molecule has 0 amide bonds. The molecular formula is C22H19NO5. The molecule has 2 aromatic rings. The summed E-state index contributed by atoms with van der Waals surface area (Å²) >= 11 is 0. The molecular weight excluding hydrogens is 358 g/mol. The van der Waals surface area contributed by atoms with E-state index >= 15 is 0 Å². The van der Waals surface area contributed by atoms with Crippen molar-refractivity contribution in [3.63, 3.8) is 0 Å². The Hall–Kier alpha value is -3.41. The maximum absolute atomic E-state index is 11.9. The SMILES string of the molecule is CC(=O)O[C@H]1C=CC(=O)O[C@@H]1[C@H]1N=C(c2ccccc2)O[C@@H]1c1ccccc1. The Morgan fingerprint density at radius 1 is 1.00 bits per heavy atom. The predicted molar refractivity (Wildman–Crippen MR) is 102 cm³/mol. The van der Waals surface area contributed by atoms with Crippen molar-refractivity contribution in [2.75, 3.05) is 0 Å². The van der Waals surface area contributed by atoms with E-state index in [0.29, 0.717) is 5.90 Å². The molecule has 6 heteroatoms. The van der Waals surface area contributed by atoms with E-state index in [-0.39, 0.29) is 0 Å². The Morgan fingerprint density at radius 3 is 2.36 bits per heavy atom. The fourth-order valence-corrected chi connectivity index (χ4v) is 3.39. The zero-order chi connectivity index (χ0) is 19.5. The molecule has 0 unspecified atom stereocenters. The molecule has 0 radical (unpaired) electrons. The number of hydrogen-bond acceptors (Lipinski definition) is 6. The van der Waals surface area contributed by atoms with Crippen LogP contribution in [-0.4, -0.2) is 36.1 Å². The molecule has 0 bridgehead atoms. The first kappa shape index (κ1) is 18.0. The van der Waals surface area contributed by atoms with Gasteiger partial charge >= 0.3 is 11.9 Å². The average molecular weight is 377 g/mol. The van der Waals surface area contributed by atoms with E-state index < -0.39 is 36.3 Å². The highest BCUT2D eigenvalue weighted by atomic mass is 16.6. The summed E-state index contributed by atoms with van der Waals surface area (Å²) in [6, 6.07) is 18.6. The molecule has 2 heterocycles. The fourth-order valence-electron chi connectivity index (χ4n) is 3.39. The molecule has 4 atom stereocenters. The number of rotatable bonds is 4. The summed E-state index contributed by atoms with van der Waals surface area (Å²) in [4.78, 5) is 28.2. The van der Waals surface area contributed by atoms with E-state index in [2.05, 4.69) is 0 Å². The topological polar surface area (TPSA) is 74.2 Å². The largest absolute Gasteiger partial charge is 0.467 e. The van der Waals surface area contributed by atoms with Crippen LogP contribution in [0.25, 0.3) is 0 Å². The Kier molecular flexibility index (Phi) is 4.93. The van der Waals surface area contributed by atoms with Gasteiger partial charge in [-0.1, -0.05) is 48.5 Å². The zero-order valence-electron chi connectivity index (χ0n) is 15.2. The maximum atomic E-state index is 11.9. The summed E-state index contributed by atoms with van der Waals surface area (Å²) in [5.74, 6) is -0.491. The van der Waals surface area contributed by atoms with Gasteiger partial charge in [0, 0.05) is 18.6 Å². The number of aliphatic imine (C=N–C) groups is 1.